The van der Waals surface area contributed by atoms with Gasteiger partial charge in [0.2, 0.25) is 0 Å². The van der Waals surface area contributed by atoms with Gasteiger partial charge in [-0.1, -0.05) is 6.07 Å². The van der Waals surface area contributed by atoms with Crippen LogP contribution in [-0.2, 0) is 16.8 Å². The number of tetrazole rings is 1. The third kappa shape index (κ3) is 5.64. The molecule has 0 bridgehead atoms. The minimum absolute atomic E-state index is 0.0343. The molecule has 5 rings (SSSR count). The highest BCUT2D eigenvalue weighted by atomic mass is 16.5. The molecule has 0 radical (unpaired) electrons. The highest BCUT2D eigenvalue weighted by Crippen LogP contribution is 2.35. The number of nitrogens with zero attached hydrogens (tertiary/aromatic N) is 6. The molecule has 1 aliphatic heterocycles. The monoisotopic (exact) mass is 533 g/mol. The maximum Gasteiger partial charge on any atom is 0.253 e. The van der Waals surface area contributed by atoms with Gasteiger partial charge in [-0.2, -0.15) is 0 Å². The highest BCUT2D eigenvalue weighted by Gasteiger charge is 2.35. The normalized spacial score (nSPS) is 16.6. The van der Waals surface area contributed by atoms with Gasteiger partial charge >= 0.3 is 0 Å². The highest BCUT2D eigenvalue weighted by molar-refractivity contribution is 5.83. The molecule has 0 unspecified atom stereocenters. The van der Waals surface area contributed by atoms with Crippen LogP contribution in [0.2, 0.25) is 0 Å². The Labute approximate surface area is 227 Å². The maximum absolute atomic E-state index is 13.8. The summed E-state index contributed by atoms with van der Waals surface area (Å²) in [7, 11) is 3.16. The van der Waals surface area contributed by atoms with Crippen molar-refractivity contribution in [3.05, 3.63) is 70.0 Å². The van der Waals surface area contributed by atoms with Crippen molar-refractivity contribution in [2.24, 2.45) is 0 Å². The van der Waals surface area contributed by atoms with Crippen molar-refractivity contribution < 1.29 is 14.2 Å². The van der Waals surface area contributed by atoms with Gasteiger partial charge in [-0.3, -0.25) is 14.7 Å². The fourth-order valence-electron chi connectivity index (χ4n) is 5.13. The predicted molar refractivity (Wildman–Crippen MR) is 146 cm³/mol. The molecule has 1 aromatic carbocycles. The van der Waals surface area contributed by atoms with Crippen molar-refractivity contribution in [1.82, 2.24) is 35.1 Å². The minimum Gasteiger partial charge on any atom is -0.493 e. The zero-order valence-corrected chi connectivity index (χ0v) is 23.0. The fraction of sp³-hybridized carbons (Fsp3) is 0.464. The average Bonchev–Trinajstić information content (AvgIpc) is 3.61. The predicted octanol–water partition coefficient (Wildman–Crippen LogP) is 3.45. The molecular formula is C28H35N7O4. The van der Waals surface area contributed by atoms with E-state index in [0.29, 0.717) is 41.5 Å². The van der Waals surface area contributed by atoms with Gasteiger partial charge in [0, 0.05) is 49.1 Å². The Morgan fingerprint density at radius 2 is 2.00 bits per heavy atom. The first-order valence-corrected chi connectivity index (χ1v) is 13.1. The van der Waals surface area contributed by atoms with Crippen LogP contribution in [0.15, 0.2) is 47.5 Å². The quantitative estimate of drug-likeness (QED) is 0.345. The van der Waals surface area contributed by atoms with Crippen LogP contribution < -0.4 is 15.0 Å². The van der Waals surface area contributed by atoms with Gasteiger partial charge in [0.05, 0.1) is 31.4 Å². The Hall–Kier alpha value is -3.83. The second kappa shape index (κ2) is 11.1. The van der Waals surface area contributed by atoms with E-state index in [1.807, 2.05) is 51.2 Å². The van der Waals surface area contributed by atoms with E-state index in [1.165, 1.54) is 0 Å². The lowest BCUT2D eigenvalue weighted by Gasteiger charge is -2.34. The Morgan fingerprint density at radius 1 is 1.21 bits per heavy atom. The van der Waals surface area contributed by atoms with Crippen LogP contribution in [0.3, 0.4) is 0 Å². The summed E-state index contributed by atoms with van der Waals surface area (Å²) in [6.45, 7) is 7.97. The summed E-state index contributed by atoms with van der Waals surface area (Å²) in [5, 5.41) is 13.7. The van der Waals surface area contributed by atoms with E-state index in [0.717, 1.165) is 30.4 Å². The lowest BCUT2D eigenvalue weighted by atomic mass is 10.00. The van der Waals surface area contributed by atoms with Gasteiger partial charge in [-0.25, -0.2) is 4.68 Å². The van der Waals surface area contributed by atoms with E-state index in [2.05, 4.69) is 30.4 Å². The molecule has 4 heterocycles. The molecule has 4 aromatic rings. The summed E-state index contributed by atoms with van der Waals surface area (Å²) in [6, 6.07) is 8.91. The molecule has 39 heavy (non-hydrogen) atoms. The van der Waals surface area contributed by atoms with Gasteiger partial charge in [0.25, 0.3) is 5.56 Å². The Balaban J connectivity index is 1.71. The molecule has 3 aromatic heterocycles. The van der Waals surface area contributed by atoms with Crippen molar-refractivity contribution in [2.75, 3.05) is 27.4 Å². The Kier molecular flexibility index (Phi) is 7.62. The summed E-state index contributed by atoms with van der Waals surface area (Å²) < 4.78 is 18.8. The van der Waals surface area contributed by atoms with E-state index in [-0.39, 0.29) is 11.7 Å². The number of pyridine rings is 2. The van der Waals surface area contributed by atoms with Crippen LogP contribution >= 0.6 is 0 Å². The number of methoxy groups -OCH3 is 2. The largest absolute Gasteiger partial charge is 0.493 e. The summed E-state index contributed by atoms with van der Waals surface area (Å²) in [6.07, 6.45) is 5.58. The SMILES string of the molecule is COc1cc2cc([C@H](c3nnnn3C(C)(C)C)N(Cc3cccnc3)C[C@@H]3CCCO3)c(=O)[nH]c2cc1OC. The van der Waals surface area contributed by atoms with E-state index in [1.54, 1.807) is 31.2 Å². The number of H-pyrrole nitrogens is 1. The van der Waals surface area contributed by atoms with Crippen molar-refractivity contribution in [3.8, 4) is 11.5 Å². The summed E-state index contributed by atoms with van der Waals surface area (Å²) in [5.74, 6) is 1.69. The number of nitrogens with one attached hydrogen (secondary N) is 1. The molecule has 0 saturated carbocycles. The topological polar surface area (TPSA) is 120 Å². The van der Waals surface area contributed by atoms with Gasteiger partial charge in [-0.05, 0) is 67.8 Å². The van der Waals surface area contributed by atoms with Crippen LogP contribution in [-0.4, -0.2) is 68.6 Å². The summed E-state index contributed by atoms with van der Waals surface area (Å²) in [5.41, 5.74) is 1.54. The molecule has 1 aliphatic rings. The average molecular weight is 534 g/mol. The molecule has 0 amide bonds. The second-order valence-corrected chi connectivity index (χ2v) is 10.8. The van der Waals surface area contributed by atoms with E-state index in [4.69, 9.17) is 14.2 Å². The number of fused-ring (bicyclic) bond motifs is 1. The lowest BCUT2D eigenvalue weighted by molar-refractivity contribution is 0.0564. The van der Waals surface area contributed by atoms with E-state index >= 15 is 0 Å². The first-order chi connectivity index (χ1) is 18.8. The zero-order chi connectivity index (χ0) is 27.6. The van der Waals surface area contributed by atoms with Crippen LogP contribution in [0.4, 0.5) is 0 Å². The number of hydrogen-bond donors (Lipinski definition) is 1. The second-order valence-electron chi connectivity index (χ2n) is 10.8. The smallest absolute Gasteiger partial charge is 0.253 e. The standard InChI is InChI=1S/C28H35N7O4/c1-28(2,3)35-26(31-32-33-35)25(34(17-20-9-7-11-39-20)16-18-8-6-10-29-15-18)21-12-19-13-23(37-4)24(38-5)14-22(19)30-27(21)36/h6,8,10,12-15,20,25H,7,9,11,16-17H2,1-5H3,(H,30,36)/t20-,25+/m0/s1. The maximum atomic E-state index is 13.8. The molecule has 11 nitrogen and oxygen atoms in total. The van der Waals surface area contributed by atoms with Crippen molar-refractivity contribution in [2.45, 2.75) is 57.8 Å². The fourth-order valence-corrected chi connectivity index (χ4v) is 5.13. The number of ether oxygens (including phenoxy) is 3. The van der Waals surface area contributed by atoms with E-state index in [9.17, 15) is 4.79 Å². The zero-order valence-electron chi connectivity index (χ0n) is 23.0. The number of aromatic nitrogens is 6. The van der Waals surface area contributed by atoms with E-state index < -0.39 is 11.6 Å². The van der Waals surface area contributed by atoms with Crippen LogP contribution in [0.1, 0.15) is 56.6 Å². The molecule has 11 heteroatoms. The van der Waals surface area contributed by atoms with Gasteiger partial charge in [-0.15, -0.1) is 5.10 Å². The summed E-state index contributed by atoms with van der Waals surface area (Å²) in [4.78, 5) is 23.4. The first kappa shape index (κ1) is 26.8. The molecule has 2 atom stereocenters. The third-order valence-electron chi connectivity index (χ3n) is 6.98. The third-order valence-corrected chi connectivity index (χ3v) is 6.98. The molecule has 0 aliphatic carbocycles. The van der Waals surface area contributed by atoms with Gasteiger partial charge in [0.1, 0.15) is 6.04 Å². The van der Waals surface area contributed by atoms with Crippen molar-refractivity contribution in [1.29, 1.82) is 0 Å². The van der Waals surface area contributed by atoms with Crippen molar-refractivity contribution in [3.63, 3.8) is 0 Å². The lowest BCUT2D eigenvalue weighted by Crippen LogP contribution is -2.40. The molecular weight excluding hydrogens is 498 g/mol. The minimum atomic E-state index is -0.565. The molecule has 1 N–H and O–H groups in total. The number of rotatable bonds is 9. The molecule has 1 saturated heterocycles. The number of aromatic amines is 1. The summed E-state index contributed by atoms with van der Waals surface area (Å²) >= 11 is 0. The van der Waals surface area contributed by atoms with Crippen LogP contribution in [0.25, 0.3) is 10.9 Å². The Morgan fingerprint density at radius 3 is 2.67 bits per heavy atom. The van der Waals surface area contributed by atoms with Crippen LogP contribution in [0.5, 0.6) is 11.5 Å². The first-order valence-electron chi connectivity index (χ1n) is 13.1. The molecule has 1 fully saturated rings. The number of hydrogen-bond acceptors (Lipinski definition) is 9. The Bertz CT molecular complexity index is 1470. The number of benzene rings is 1. The van der Waals surface area contributed by atoms with Gasteiger partial charge in [0.15, 0.2) is 17.3 Å². The molecule has 206 valence electrons. The van der Waals surface area contributed by atoms with Crippen molar-refractivity contribution >= 4 is 10.9 Å². The molecule has 0 spiro atoms. The van der Waals surface area contributed by atoms with Gasteiger partial charge < -0.3 is 19.2 Å². The van der Waals surface area contributed by atoms with Crippen LogP contribution in [0, 0.1) is 0 Å².